The Balaban J connectivity index is 2.18. The van der Waals surface area contributed by atoms with Gasteiger partial charge < -0.3 is 10.5 Å². The van der Waals surface area contributed by atoms with Crippen molar-refractivity contribution in [3.8, 4) is 11.4 Å². The second kappa shape index (κ2) is 7.55. The number of nitrogens with two attached hydrogens (primary N) is 1. The highest BCUT2D eigenvalue weighted by Gasteiger charge is 2.30. The highest BCUT2D eigenvalue weighted by Crippen LogP contribution is 2.36. The Morgan fingerprint density at radius 1 is 1.07 bits per heavy atom. The van der Waals surface area contributed by atoms with Gasteiger partial charge in [-0.1, -0.05) is 49.2 Å². The van der Waals surface area contributed by atoms with Gasteiger partial charge in [-0.25, -0.2) is 4.68 Å². The Morgan fingerprint density at radius 3 is 2.30 bits per heavy atom. The molecule has 2 N–H and O–H groups in total. The van der Waals surface area contributed by atoms with E-state index in [9.17, 15) is 0 Å². The first kappa shape index (κ1) is 19.7. The number of benzene rings is 2. The molecular weight excluding hydrogens is 381 g/mol. The quantitative estimate of drug-likeness (QED) is 0.608. The van der Waals surface area contributed by atoms with Crippen LogP contribution in [0.2, 0.25) is 10.0 Å². The molecule has 1 unspecified atom stereocenters. The average Bonchev–Trinajstić information content (AvgIpc) is 3.08. The maximum atomic E-state index is 6.47. The summed E-state index contributed by atoms with van der Waals surface area (Å²) in [4.78, 5) is 0. The van der Waals surface area contributed by atoms with Gasteiger partial charge >= 0.3 is 0 Å². The molecule has 2 aromatic carbocycles. The summed E-state index contributed by atoms with van der Waals surface area (Å²) in [5.41, 5.74) is 9.46. The lowest BCUT2D eigenvalue weighted by Crippen LogP contribution is -2.23. The van der Waals surface area contributed by atoms with Crippen LogP contribution in [0, 0.1) is 0 Å². The van der Waals surface area contributed by atoms with Gasteiger partial charge in [0.2, 0.25) is 0 Å². The number of hydrogen-bond acceptors (Lipinski definition) is 3. The summed E-state index contributed by atoms with van der Waals surface area (Å²) in [6, 6.07) is 15.3. The van der Waals surface area contributed by atoms with Crippen LogP contribution in [-0.4, -0.2) is 16.9 Å². The number of nitrogens with zero attached hydrogens (tertiary/aromatic N) is 2. The molecule has 0 bridgehead atoms. The fourth-order valence-corrected chi connectivity index (χ4v) is 3.55. The smallest absolute Gasteiger partial charge is 0.118 e. The molecule has 6 heteroatoms. The van der Waals surface area contributed by atoms with Gasteiger partial charge in [-0.05, 0) is 48.9 Å². The van der Waals surface area contributed by atoms with Crippen LogP contribution in [0.1, 0.15) is 43.8 Å². The summed E-state index contributed by atoms with van der Waals surface area (Å²) in [7, 11) is 1.66. The van der Waals surface area contributed by atoms with E-state index in [-0.39, 0.29) is 11.5 Å². The molecule has 3 rings (SSSR count). The standard InChI is InChI=1S/C21H23Cl2N3O/c1-13(24)18-12-20(21(2,3)14-5-8-16(27-4)9-6-14)26(25-18)19-10-7-15(22)11-17(19)23/h5-13H,24H2,1-4H3. The summed E-state index contributed by atoms with van der Waals surface area (Å²) in [5.74, 6) is 0.820. The Labute approximate surface area is 169 Å². The number of methoxy groups -OCH3 is 1. The van der Waals surface area contributed by atoms with Crippen LogP contribution >= 0.6 is 23.2 Å². The van der Waals surface area contributed by atoms with Gasteiger partial charge in [-0.15, -0.1) is 0 Å². The van der Waals surface area contributed by atoms with Gasteiger partial charge in [0.1, 0.15) is 5.75 Å². The van der Waals surface area contributed by atoms with Gasteiger partial charge in [0.15, 0.2) is 0 Å². The SMILES string of the molecule is COc1ccc(C(C)(C)c2cc(C(C)N)nn2-c2ccc(Cl)cc2Cl)cc1. The molecule has 4 nitrogen and oxygen atoms in total. The van der Waals surface area contributed by atoms with Crippen molar-refractivity contribution in [3.05, 3.63) is 75.5 Å². The van der Waals surface area contributed by atoms with Crippen LogP contribution < -0.4 is 10.5 Å². The first-order valence-corrected chi connectivity index (χ1v) is 9.45. The Morgan fingerprint density at radius 2 is 1.74 bits per heavy atom. The first-order valence-electron chi connectivity index (χ1n) is 8.70. The summed E-state index contributed by atoms with van der Waals surface area (Å²) < 4.78 is 7.14. The van der Waals surface area contributed by atoms with Crippen LogP contribution in [0.4, 0.5) is 0 Å². The van der Waals surface area contributed by atoms with Crippen LogP contribution in [0.25, 0.3) is 5.69 Å². The second-order valence-corrected chi connectivity index (χ2v) is 7.95. The van der Waals surface area contributed by atoms with E-state index >= 15 is 0 Å². The molecule has 0 amide bonds. The summed E-state index contributed by atoms with van der Waals surface area (Å²) in [6.07, 6.45) is 0. The van der Waals surface area contributed by atoms with Gasteiger partial charge in [0.05, 0.1) is 29.2 Å². The topological polar surface area (TPSA) is 53.1 Å². The maximum Gasteiger partial charge on any atom is 0.118 e. The lowest BCUT2D eigenvalue weighted by Gasteiger charge is -2.27. The molecule has 3 aromatic rings. The van der Waals surface area contributed by atoms with Crippen molar-refractivity contribution in [1.82, 2.24) is 9.78 Å². The van der Waals surface area contributed by atoms with E-state index in [4.69, 9.17) is 38.8 Å². The highest BCUT2D eigenvalue weighted by molar-refractivity contribution is 6.35. The predicted octanol–water partition coefficient (Wildman–Crippen LogP) is 5.53. The zero-order valence-corrected chi connectivity index (χ0v) is 17.3. The van der Waals surface area contributed by atoms with Crippen LogP contribution in [0.15, 0.2) is 48.5 Å². The molecule has 1 aromatic heterocycles. The Hall–Kier alpha value is -2.01. The molecule has 0 aliphatic heterocycles. The second-order valence-electron chi connectivity index (χ2n) is 7.10. The number of halogens is 2. The van der Waals surface area contributed by atoms with Crippen LogP contribution in [0.5, 0.6) is 5.75 Å². The van der Waals surface area contributed by atoms with E-state index < -0.39 is 0 Å². The maximum absolute atomic E-state index is 6.47. The molecule has 1 atom stereocenters. The van der Waals surface area contributed by atoms with Crippen LogP contribution in [-0.2, 0) is 5.41 Å². The molecule has 0 aliphatic carbocycles. The van der Waals surface area contributed by atoms with E-state index in [0.29, 0.717) is 10.0 Å². The normalized spacial score (nSPS) is 12.9. The number of rotatable bonds is 5. The number of hydrogen-bond donors (Lipinski definition) is 1. The molecule has 0 spiro atoms. The minimum Gasteiger partial charge on any atom is -0.497 e. The van der Waals surface area contributed by atoms with Crippen molar-refractivity contribution >= 4 is 23.2 Å². The van der Waals surface area contributed by atoms with E-state index in [1.807, 2.05) is 35.9 Å². The van der Waals surface area contributed by atoms with Crippen LogP contribution in [0.3, 0.4) is 0 Å². The average molecular weight is 404 g/mol. The Bertz CT molecular complexity index is 947. The number of aromatic nitrogens is 2. The van der Waals surface area contributed by atoms with Gasteiger partial charge in [0.25, 0.3) is 0 Å². The highest BCUT2D eigenvalue weighted by atomic mass is 35.5. The third-order valence-corrected chi connectivity index (χ3v) is 5.32. The minimum absolute atomic E-state index is 0.192. The van der Waals surface area contributed by atoms with Crippen molar-refractivity contribution < 1.29 is 4.74 Å². The van der Waals surface area contributed by atoms with E-state index in [1.54, 1.807) is 19.2 Å². The summed E-state index contributed by atoms with van der Waals surface area (Å²) in [5, 5.41) is 5.85. The van der Waals surface area contributed by atoms with Crippen molar-refractivity contribution in [2.24, 2.45) is 5.73 Å². The van der Waals surface area contributed by atoms with Crippen molar-refractivity contribution in [3.63, 3.8) is 0 Å². The van der Waals surface area contributed by atoms with E-state index in [1.165, 1.54) is 0 Å². The monoisotopic (exact) mass is 403 g/mol. The van der Waals surface area contributed by atoms with Crippen molar-refractivity contribution in [2.75, 3.05) is 7.11 Å². The summed E-state index contributed by atoms with van der Waals surface area (Å²) in [6.45, 7) is 6.22. The summed E-state index contributed by atoms with van der Waals surface area (Å²) >= 11 is 12.5. The Kier molecular flexibility index (Phi) is 5.52. The fraction of sp³-hybridized carbons (Fsp3) is 0.286. The molecular formula is C21H23Cl2N3O. The molecule has 0 fully saturated rings. The molecule has 0 saturated heterocycles. The molecule has 0 aliphatic rings. The molecule has 1 heterocycles. The zero-order valence-electron chi connectivity index (χ0n) is 15.8. The molecule has 142 valence electrons. The molecule has 27 heavy (non-hydrogen) atoms. The molecule has 0 radical (unpaired) electrons. The van der Waals surface area contributed by atoms with Crippen molar-refractivity contribution in [2.45, 2.75) is 32.2 Å². The fourth-order valence-electron chi connectivity index (χ4n) is 3.06. The number of ether oxygens (including phenoxy) is 1. The third kappa shape index (κ3) is 3.84. The van der Waals surface area contributed by atoms with Crippen molar-refractivity contribution in [1.29, 1.82) is 0 Å². The first-order chi connectivity index (χ1) is 12.7. The van der Waals surface area contributed by atoms with E-state index in [2.05, 4.69) is 26.0 Å². The lowest BCUT2D eigenvalue weighted by atomic mass is 9.81. The third-order valence-electron chi connectivity index (χ3n) is 4.78. The van der Waals surface area contributed by atoms with Gasteiger partial charge in [0, 0.05) is 16.5 Å². The molecule has 0 saturated carbocycles. The van der Waals surface area contributed by atoms with Gasteiger partial charge in [-0.2, -0.15) is 5.10 Å². The lowest BCUT2D eigenvalue weighted by molar-refractivity contribution is 0.414. The minimum atomic E-state index is -0.338. The zero-order chi connectivity index (χ0) is 19.8. The van der Waals surface area contributed by atoms with Gasteiger partial charge in [-0.3, -0.25) is 0 Å². The van der Waals surface area contributed by atoms with E-state index in [0.717, 1.165) is 28.4 Å². The predicted molar refractivity (Wildman–Crippen MR) is 111 cm³/mol. The largest absolute Gasteiger partial charge is 0.497 e.